The van der Waals surface area contributed by atoms with Crippen molar-refractivity contribution >= 4 is 33.2 Å². The van der Waals surface area contributed by atoms with Crippen molar-refractivity contribution in [2.45, 2.75) is 20.3 Å². The average Bonchev–Trinajstić information content (AvgIpc) is 2.65. The molecular weight excluding hydrogens is 392 g/mol. The van der Waals surface area contributed by atoms with Crippen LogP contribution in [-0.2, 0) is 10.1 Å². The Kier molecular flexibility index (Phi) is 7.69. The molecule has 0 spiro atoms. The molecule has 0 amide bonds. The number of nitrogens with one attached hydrogen (secondary N) is 1. The van der Waals surface area contributed by atoms with Gasteiger partial charge in [-0.25, -0.2) is 4.79 Å². The predicted molar refractivity (Wildman–Crippen MR) is 114 cm³/mol. The van der Waals surface area contributed by atoms with Gasteiger partial charge in [0, 0.05) is 42.9 Å². The van der Waals surface area contributed by atoms with Crippen LogP contribution in [0.25, 0.3) is 0 Å². The second-order valence-electron chi connectivity index (χ2n) is 6.58. The normalized spacial score (nSPS) is 12.7. The van der Waals surface area contributed by atoms with E-state index in [1.165, 1.54) is 6.07 Å². The fourth-order valence-corrected chi connectivity index (χ4v) is 3.36. The van der Waals surface area contributed by atoms with Gasteiger partial charge in [-0.2, -0.15) is 13.0 Å². The summed E-state index contributed by atoms with van der Waals surface area (Å²) in [4.78, 5) is 11.2. The second kappa shape index (κ2) is 9.99. The summed E-state index contributed by atoms with van der Waals surface area (Å²) < 4.78 is 33.1. The lowest BCUT2D eigenvalue weighted by Gasteiger charge is -2.09. The Hall–Kier alpha value is -2.97. The van der Waals surface area contributed by atoms with Gasteiger partial charge in [0.2, 0.25) is 5.69 Å². The molecule has 2 aromatic rings. The lowest BCUT2D eigenvalue weighted by molar-refractivity contribution is -0.440. The molecule has 0 saturated carbocycles. The Labute approximate surface area is 170 Å². The minimum Gasteiger partial charge on any atom is -0.478 e. The van der Waals surface area contributed by atoms with Gasteiger partial charge in [-0.05, 0) is 31.2 Å². The lowest BCUT2D eigenvalue weighted by Crippen LogP contribution is -2.18. The molecule has 154 valence electrons. The third-order valence-electron chi connectivity index (χ3n) is 4.29. The lowest BCUT2D eigenvalue weighted by atomic mass is 10.1. The van der Waals surface area contributed by atoms with Crippen LogP contribution in [0.5, 0.6) is 0 Å². The van der Waals surface area contributed by atoms with Crippen molar-refractivity contribution in [2.24, 2.45) is 0 Å². The topological polar surface area (TPSA) is 107 Å². The molecule has 0 saturated heterocycles. The number of aryl methyl sites for hydroxylation is 1. The van der Waals surface area contributed by atoms with Crippen LogP contribution in [0.1, 0.15) is 29.3 Å². The SMILES string of the molecule is CC(/C=C/Nc1ccccc1)=[N+](/CCCS(=O)(=O)O)c1ccc(C(=O)O)cc1C. The molecule has 7 nitrogen and oxygen atoms in total. The molecule has 0 heterocycles. The van der Waals surface area contributed by atoms with Gasteiger partial charge in [0.25, 0.3) is 10.1 Å². The first-order valence-corrected chi connectivity index (χ1v) is 10.7. The molecule has 0 radical (unpaired) electrons. The van der Waals surface area contributed by atoms with Gasteiger partial charge < -0.3 is 10.4 Å². The van der Waals surface area contributed by atoms with Gasteiger partial charge in [-0.15, -0.1) is 0 Å². The van der Waals surface area contributed by atoms with E-state index < -0.39 is 16.1 Å². The van der Waals surface area contributed by atoms with E-state index in [4.69, 9.17) is 4.55 Å². The molecule has 0 aromatic heterocycles. The van der Waals surface area contributed by atoms with E-state index in [9.17, 15) is 18.3 Å². The smallest absolute Gasteiger partial charge is 0.335 e. The van der Waals surface area contributed by atoms with Crippen molar-refractivity contribution < 1.29 is 27.4 Å². The molecule has 0 aliphatic rings. The highest BCUT2D eigenvalue weighted by Gasteiger charge is 2.18. The molecule has 0 bridgehead atoms. The van der Waals surface area contributed by atoms with Crippen LogP contribution in [0.15, 0.2) is 60.8 Å². The van der Waals surface area contributed by atoms with Crippen molar-refractivity contribution in [1.29, 1.82) is 0 Å². The van der Waals surface area contributed by atoms with Crippen molar-refractivity contribution in [2.75, 3.05) is 17.6 Å². The fraction of sp³-hybridized carbons (Fsp3) is 0.238. The largest absolute Gasteiger partial charge is 0.478 e. The van der Waals surface area contributed by atoms with Crippen LogP contribution >= 0.6 is 0 Å². The highest BCUT2D eigenvalue weighted by molar-refractivity contribution is 7.85. The predicted octanol–water partition coefficient (Wildman–Crippen LogP) is 3.70. The molecule has 0 aliphatic heterocycles. The van der Waals surface area contributed by atoms with Crippen LogP contribution in [0.2, 0.25) is 0 Å². The number of nitrogens with zero attached hydrogens (tertiary/aromatic N) is 1. The van der Waals surface area contributed by atoms with E-state index in [1.807, 2.05) is 47.9 Å². The van der Waals surface area contributed by atoms with Crippen LogP contribution in [0.3, 0.4) is 0 Å². The number of hydrogen-bond donors (Lipinski definition) is 3. The van der Waals surface area contributed by atoms with Gasteiger partial charge >= 0.3 is 5.97 Å². The third kappa shape index (κ3) is 7.17. The molecule has 0 aliphatic carbocycles. The summed E-state index contributed by atoms with van der Waals surface area (Å²) in [5.74, 6) is -1.36. The highest BCUT2D eigenvalue weighted by atomic mass is 32.2. The first kappa shape index (κ1) is 22.3. The number of benzene rings is 2. The van der Waals surface area contributed by atoms with Gasteiger partial charge in [0.15, 0.2) is 5.71 Å². The monoisotopic (exact) mass is 417 g/mol. The summed E-state index contributed by atoms with van der Waals surface area (Å²) in [6.07, 6.45) is 3.85. The van der Waals surface area contributed by atoms with E-state index in [-0.39, 0.29) is 17.7 Å². The summed E-state index contributed by atoms with van der Waals surface area (Å²) in [5.41, 5.74) is 3.46. The highest BCUT2D eigenvalue weighted by Crippen LogP contribution is 2.21. The van der Waals surface area contributed by atoms with E-state index >= 15 is 0 Å². The number of carbonyl (C=O) groups is 1. The van der Waals surface area contributed by atoms with Crippen LogP contribution in [0, 0.1) is 6.92 Å². The summed E-state index contributed by atoms with van der Waals surface area (Å²) >= 11 is 0. The van der Waals surface area contributed by atoms with Crippen molar-refractivity contribution in [3.8, 4) is 0 Å². The van der Waals surface area contributed by atoms with E-state index in [0.717, 1.165) is 22.6 Å². The summed E-state index contributed by atoms with van der Waals surface area (Å²) in [6, 6.07) is 14.4. The minimum absolute atomic E-state index is 0.183. The van der Waals surface area contributed by atoms with Crippen LogP contribution in [0.4, 0.5) is 11.4 Å². The third-order valence-corrected chi connectivity index (χ3v) is 5.10. The number of aromatic carboxylic acids is 1. The molecule has 0 fully saturated rings. The van der Waals surface area contributed by atoms with Crippen LogP contribution in [-0.4, -0.2) is 46.6 Å². The molecule has 0 unspecified atom stereocenters. The molecule has 2 rings (SSSR count). The Balaban J connectivity index is 2.32. The summed E-state index contributed by atoms with van der Waals surface area (Å²) in [5, 5.41) is 12.3. The zero-order valence-electron chi connectivity index (χ0n) is 16.4. The van der Waals surface area contributed by atoms with Gasteiger partial charge in [0.05, 0.1) is 11.3 Å². The quantitative estimate of drug-likeness (QED) is 0.326. The number of rotatable bonds is 9. The van der Waals surface area contributed by atoms with Gasteiger partial charge in [-0.1, -0.05) is 18.2 Å². The van der Waals surface area contributed by atoms with Crippen molar-refractivity contribution in [3.05, 3.63) is 71.9 Å². The van der Waals surface area contributed by atoms with Gasteiger partial charge in [0.1, 0.15) is 6.54 Å². The van der Waals surface area contributed by atoms with E-state index in [0.29, 0.717) is 6.54 Å². The second-order valence-corrected chi connectivity index (χ2v) is 8.15. The Bertz CT molecular complexity index is 1030. The van der Waals surface area contributed by atoms with Crippen molar-refractivity contribution in [3.63, 3.8) is 0 Å². The Morgan fingerprint density at radius 3 is 2.45 bits per heavy atom. The molecule has 3 N–H and O–H groups in total. The van der Waals surface area contributed by atoms with Gasteiger partial charge in [-0.3, -0.25) is 4.55 Å². The maximum Gasteiger partial charge on any atom is 0.335 e. The number of carboxylic acid groups (broad SMARTS) is 1. The minimum atomic E-state index is -4.05. The van der Waals surface area contributed by atoms with E-state index in [2.05, 4.69) is 5.32 Å². The Morgan fingerprint density at radius 2 is 1.86 bits per heavy atom. The number of allylic oxidation sites excluding steroid dienone is 1. The number of carboxylic acids is 1. The summed E-state index contributed by atoms with van der Waals surface area (Å²) in [7, 11) is -4.05. The molecular formula is C21H25N2O5S+. The molecule has 0 atom stereocenters. The Morgan fingerprint density at radius 1 is 1.17 bits per heavy atom. The zero-order chi connectivity index (χ0) is 21.4. The average molecular weight is 418 g/mol. The maximum atomic E-state index is 11.2. The standard InChI is InChI=1S/C21H24N2O5S/c1-16-15-18(21(24)25)9-10-20(16)23(13-6-14-29(26,27)28)17(2)11-12-22-19-7-4-3-5-8-19/h3-5,7-12,15H,6,13-14H2,1-2H3,(H2,24,25,26,27,28)/p+1. The maximum absolute atomic E-state index is 11.2. The first-order chi connectivity index (χ1) is 13.7. The molecule has 2 aromatic carbocycles. The number of anilines is 1. The number of hydrogen-bond acceptors (Lipinski definition) is 4. The first-order valence-electron chi connectivity index (χ1n) is 9.06. The summed E-state index contributed by atoms with van der Waals surface area (Å²) in [6.45, 7) is 4.02. The number of para-hydroxylation sites is 1. The zero-order valence-corrected chi connectivity index (χ0v) is 17.2. The van der Waals surface area contributed by atoms with E-state index in [1.54, 1.807) is 25.3 Å². The van der Waals surface area contributed by atoms with Crippen molar-refractivity contribution in [1.82, 2.24) is 0 Å². The molecule has 29 heavy (non-hydrogen) atoms. The van der Waals surface area contributed by atoms with Crippen LogP contribution < -0.4 is 5.32 Å². The molecule has 8 heteroatoms. The fourth-order valence-electron chi connectivity index (χ4n) is 2.87.